The number of esters is 1. The lowest BCUT2D eigenvalue weighted by atomic mass is 10.1. The fourth-order valence-electron chi connectivity index (χ4n) is 1.55. The van der Waals surface area contributed by atoms with Gasteiger partial charge in [0.15, 0.2) is 0 Å². The molecule has 0 saturated carbocycles. The summed E-state index contributed by atoms with van der Waals surface area (Å²) < 4.78 is 5.06. The van der Waals surface area contributed by atoms with Gasteiger partial charge in [-0.1, -0.05) is 57.8 Å². The minimum absolute atomic E-state index is 0.222. The highest BCUT2D eigenvalue weighted by Crippen LogP contribution is 2.03. The maximum Gasteiger partial charge on any atom is 0.330 e. The van der Waals surface area contributed by atoms with Gasteiger partial charge >= 0.3 is 5.97 Å². The van der Waals surface area contributed by atoms with Gasteiger partial charge in [-0.25, -0.2) is 4.79 Å². The first-order valence-electron chi connectivity index (χ1n) is 7.29. The van der Waals surface area contributed by atoms with E-state index in [1.165, 1.54) is 31.8 Å². The van der Waals surface area contributed by atoms with Gasteiger partial charge in [0.25, 0.3) is 0 Å². The van der Waals surface area contributed by atoms with E-state index >= 15 is 0 Å². The Morgan fingerprint density at radius 1 is 0.889 bits per heavy atom. The van der Waals surface area contributed by atoms with Crippen molar-refractivity contribution in [2.75, 3.05) is 6.61 Å². The normalized spacial score (nSPS) is 11.4. The summed E-state index contributed by atoms with van der Waals surface area (Å²) in [5.74, 6) is -0.222. The van der Waals surface area contributed by atoms with E-state index in [4.69, 9.17) is 4.74 Å². The summed E-state index contributed by atoms with van der Waals surface area (Å²) in [5, 5.41) is 0. The van der Waals surface area contributed by atoms with Crippen LogP contribution in [0.3, 0.4) is 0 Å². The molecule has 0 saturated heterocycles. The lowest BCUT2D eigenvalue weighted by Crippen LogP contribution is -2.01. The zero-order chi connectivity index (χ0) is 13.5. The van der Waals surface area contributed by atoms with Crippen LogP contribution >= 0.6 is 0 Å². The largest absolute Gasteiger partial charge is 0.462 e. The number of hydrogen-bond acceptors (Lipinski definition) is 2. The lowest BCUT2D eigenvalue weighted by Gasteiger charge is -1.98. The molecule has 0 bridgehead atoms. The van der Waals surface area contributed by atoms with E-state index in [1.54, 1.807) is 0 Å². The smallest absolute Gasteiger partial charge is 0.330 e. The minimum Gasteiger partial charge on any atom is -0.462 e. The maximum atomic E-state index is 11.2. The van der Waals surface area contributed by atoms with Crippen LogP contribution in [0.25, 0.3) is 0 Å². The van der Waals surface area contributed by atoms with E-state index < -0.39 is 0 Å². The molecule has 0 aromatic rings. The molecule has 0 radical (unpaired) electrons. The predicted octanol–water partition coefficient (Wildman–Crippen LogP) is 4.80. The van der Waals surface area contributed by atoms with Gasteiger partial charge in [-0.2, -0.15) is 0 Å². The first kappa shape index (κ1) is 16.9. The van der Waals surface area contributed by atoms with Crippen LogP contribution in [0.2, 0.25) is 0 Å². The molecule has 0 aliphatic carbocycles. The van der Waals surface area contributed by atoms with Crippen LogP contribution in [0.4, 0.5) is 0 Å². The number of carbonyl (C=O) groups excluding carboxylic acids is 1. The Labute approximate surface area is 112 Å². The third-order valence-corrected chi connectivity index (χ3v) is 2.63. The van der Waals surface area contributed by atoms with Crippen molar-refractivity contribution in [3.8, 4) is 0 Å². The molecule has 0 heterocycles. The van der Waals surface area contributed by atoms with Gasteiger partial charge in [0.1, 0.15) is 0 Å². The summed E-state index contributed by atoms with van der Waals surface area (Å²) in [6.07, 6.45) is 16.8. The summed E-state index contributed by atoms with van der Waals surface area (Å²) in [6, 6.07) is 0. The average molecular weight is 252 g/mol. The number of ether oxygens (including phenoxy) is 1. The molecular formula is C16H28O2. The third kappa shape index (κ3) is 13.0. The van der Waals surface area contributed by atoms with Crippen LogP contribution in [0, 0.1) is 0 Å². The summed E-state index contributed by atoms with van der Waals surface area (Å²) in [5.41, 5.74) is 0. The Hall–Kier alpha value is -1.05. The Balaban J connectivity index is 3.33. The Bertz CT molecular complexity index is 241. The minimum atomic E-state index is -0.222. The van der Waals surface area contributed by atoms with Crippen molar-refractivity contribution in [3.63, 3.8) is 0 Å². The standard InChI is InChI=1S/C16H28O2/c1-3-5-7-8-9-10-11-13-15-18-16(17)14-12-6-4-2/h10-12,14H,3-9,13,15H2,1-2H3/b11-10-,14-12?. The number of hydrogen-bond donors (Lipinski definition) is 0. The Morgan fingerprint density at radius 3 is 2.39 bits per heavy atom. The van der Waals surface area contributed by atoms with E-state index in [1.807, 2.05) is 6.08 Å². The monoisotopic (exact) mass is 252 g/mol. The lowest BCUT2D eigenvalue weighted by molar-refractivity contribution is -0.137. The first-order valence-corrected chi connectivity index (χ1v) is 7.29. The van der Waals surface area contributed by atoms with Crippen molar-refractivity contribution in [2.45, 2.75) is 65.2 Å². The molecule has 0 aliphatic rings. The van der Waals surface area contributed by atoms with Crippen molar-refractivity contribution >= 4 is 5.97 Å². The summed E-state index contributed by atoms with van der Waals surface area (Å²) in [4.78, 5) is 11.2. The molecule has 104 valence electrons. The van der Waals surface area contributed by atoms with E-state index in [0.717, 1.165) is 25.7 Å². The number of carbonyl (C=O) groups is 1. The van der Waals surface area contributed by atoms with Crippen molar-refractivity contribution < 1.29 is 9.53 Å². The highest BCUT2D eigenvalue weighted by atomic mass is 16.5. The zero-order valence-electron chi connectivity index (χ0n) is 12.0. The third-order valence-electron chi connectivity index (χ3n) is 2.63. The van der Waals surface area contributed by atoms with E-state index in [0.29, 0.717) is 6.61 Å². The SMILES string of the molecule is CCCC=CC(=O)OCC/C=C\CCCCCC. The van der Waals surface area contributed by atoms with Crippen LogP contribution in [0.1, 0.15) is 65.2 Å². The van der Waals surface area contributed by atoms with Crippen LogP contribution < -0.4 is 0 Å². The molecule has 0 N–H and O–H groups in total. The fourth-order valence-corrected chi connectivity index (χ4v) is 1.55. The molecule has 0 aromatic heterocycles. The van der Waals surface area contributed by atoms with Gasteiger partial charge < -0.3 is 4.74 Å². The molecule has 18 heavy (non-hydrogen) atoms. The molecule has 0 rings (SSSR count). The molecule has 0 unspecified atom stereocenters. The fraction of sp³-hybridized carbons (Fsp3) is 0.688. The quantitative estimate of drug-likeness (QED) is 0.228. The van der Waals surface area contributed by atoms with E-state index in [9.17, 15) is 4.79 Å². The van der Waals surface area contributed by atoms with Crippen LogP contribution in [-0.4, -0.2) is 12.6 Å². The summed E-state index contributed by atoms with van der Waals surface area (Å²) >= 11 is 0. The van der Waals surface area contributed by atoms with Crippen molar-refractivity contribution in [3.05, 3.63) is 24.3 Å². The molecule has 2 heteroatoms. The van der Waals surface area contributed by atoms with E-state index in [-0.39, 0.29) is 5.97 Å². The molecule has 0 aromatic carbocycles. The number of rotatable bonds is 11. The van der Waals surface area contributed by atoms with Gasteiger partial charge in [0.05, 0.1) is 6.61 Å². The van der Waals surface area contributed by atoms with Crippen molar-refractivity contribution in [1.29, 1.82) is 0 Å². The molecule has 0 aliphatic heterocycles. The predicted molar refractivity (Wildman–Crippen MR) is 77.5 cm³/mol. The highest BCUT2D eigenvalue weighted by Gasteiger charge is 1.93. The molecule has 0 fully saturated rings. The topological polar surface area (TPSA) is 26.3 Å². The molecule has 2 nitrogen and oxygen atoms in total. The first-order chi connectivity index (χ1) is 8.81. The van der Waals surface area contributed by atoms with Gasteiger partial charge in [-0.05, 0) is 25.7 Å². The summed E-state index contributed by atoms with van der Waals surface area (Å²) in [6.45, 7) is 4.79. The Kier molecular flexibility index (Phi) is 13.2. The van der Waals surface area contributed by atoms with Crippen LogP contribution in [0.15, 0.2) is 24.3 Å². The molecule has 0 atom stereocenters. The average Bonchev–Trinajstić information content (AvgIpc) is 2.37. The number of unbranched alkanes of at least 4 members (excludes halogenated alkanes) is 5. The van der Waals surface area contributed by atoms with Gasteiger partial charge in [-0.3, -0.25) is 0 Å². The number of allylic oxidation sites excluding steroid dienone is 2. The summed E-state index contributed by atoms with van der Waals surface area (Å²) in [7, 11) is 0. The van der Waals surface area contributed by atoms with E-state index in [2.05, 4.69) is 26.0 Å². The van der Waals surface area contributed by atoms with Gasteiger partial charge in [0, 0.05) is 6.08 Å². The second-order valence-corrected chi connectivity index (χ2v) is 4.47. The molecule has 0 spiro atoms. The van der Waals surface area contributed by atoms with Crippen molar-refractivity contribution in [2.24, 2.45) is 0 Å². The second kappa shape index (κ2) is 14.0. The highest BCUT2D eigenvalue weighted by molar-refractivity contribution is 5.81. The zero-order valence-corrected chi connectivity index (χ0v) is 12.0. The van der Waals surface area contributed by atoms with Crippen LogP contribution in [0.5, 0.6) is 0 Å². The molecule has 0 amide bonds. The Morgan fingerprint density at radius 2 is 1.67 bits per heavy atom. The van der Waals surface area contributed by atoms with Gasteiger partial charge in [0.2, 0.25) is 0 Å². The second-order valence-electron chi connectivity index (χ2n) is 4.47. The van der Waals surface area contributed by atoms with Crippen molar-refractivity contribution in [1.82, 2.24) is 0 Å². The van der Waals surface area contributed by atoms with Gasteiger partial charge in [-0.15, -0.1) is 0 Å². The van der Waals surface area contributed by atoms with Crippen LogP contribution in [-0.2, 0) is 9.53 Å². The maximum absolute atomic E-state index is 11.2. The molecular weight excluding hydrogens is 224 g/mol.